The summed E-state index contributed by atoms with van der Waals surface area (Å²) in [4.78, 5) is 0. The molecule has 1 unspecified atom stereocenters. The van der Waals surface area contributed by atoms with Crippen LogP contribution in [0.3, 0.4) is 0 Å². The monoisotopic (exact) mass is 294 g/mol. The lowest BCUT2D eigenvalue weighted by atomic mass is 10.1. The van der Waals surface area contributed by atoms with Crippen LogP contribution < -0.4 is 11.1 Å². The van der Waals surface area contributed by atoms with Crippen molar-refractivity contribution in [3.8, 4) is 0 Å². The number of likely N-dealkylation sites (N-methyl/N-ethyl adjacent to an activating group) is 1. The van der Waals surface area contributed by atoms with Gasteiger partial charge in [0.1, 0.15) is 6.54 Å². The van der Waals surface area contributed by atoms with Gasteiger partial charge in [-0.05, 0) is 57.9 Å². The highest BCUT2D eigenvalue weighted by Crippen LogP contribution is 2.15. The molecule has 1 rings (SSSR count). The van der Waals surface area contributed by atoms with E-state index in [9.17, 15) is 5.11 Å². The Kier molecular flexibility index (Phi) is 7.54. The number of anilines is 2. The maximum Gasteiger partial charge on any atom is 0.102 e. The number of benzene rings is 1. The topological polar surface area (TPSA) is 58.3 Å². The van der Waals surface area contributed by atoms with Crippen molar-refractivity contribution in [2.24, 2.45) is 0 Å². The van der Waals surface area contributed by atoms with Gasteiger partial charge in [0.05, 0.1) is 26.2 Å². The predicted octanol–water partition coefficient (Wildman–Crippen LogP) is 2.70. The molecule has 21 heavy (non-hydrogen) atoms. The van der Waals surface area contributed by atoms with E-state index in [4.69, 9.17) is 5.73 Å². The van der Waals surface area contributed by atoms with E-state index in [0.29, 0.717) is 6.04 Å². The van der Waals surface area contributed by atoms with E-state index in [1.165, 1.54) is 6.42 Å². The summed E-state index contributed by atoms with van der Waals surface area (Å²) in [6, 6.07) is 8.34. The molecule has 0 aromatic heterocycles. The van der Waals surface area contributed by atoms with Crippen molar-refractivity contribution in [2.45, 2.75) is 39.7 Å². The van der Waals surface area contributed by atoms with Gasteiger partial charge >= 0.3 is 0 Å². The van der Waals surface area contributed by atoms with E-state index in [0.717, 1.165) is 48.5 Å². The second kappa shape index (κ2) is 8.90. The van der Waals surface area contributed by atoms with Gasteiger partial charge in [0.25, 0.3) is 0 Å². The van der Waals surface area contributed by atoms with Crippen molar-refractivity contribution in [1.82, 2.24) is 0 Å². The van der Waals surface area contributed by atoms with Gasteiger partial charge in [0, 0.05) is 17.4 Å². The van der Waals surface area contributed by atoms with Gasteiger partial charge in [0.15, 0.2) is 0 Å². The highest BCUT2D eigenvalue weighted by atomic mass is 16.3. The summed E-state index contributed by atoms with van der Waals surface area (Å²) >= 11 is 0. The normalized spacial score (nSPS) is 13.1. The summed E-state index contributed by atoms with van der Waals surface area (Å²) in [7, 11) is 0. The molecule has 0 aliphatic carbocycles. The van der Waals surface area contributed by atoms with Crippen LogP contribution >= 0.6 is 0 Å². The fourth-order valence-electron chi connectivity index (χ4n) is 2.85. The van der Waals surface area contributed by atoms with Crippen molar-refractivity contribution < 1.29 is 9.59 Å². The average molecular weight is 294 g/mol. The number of nitrogens with two attached hydrogens (primary N) is 1. The first-order chi connectivity index (χ1) is 10.0. The second-order valence-electron chi connectivity index (χ2n) is 5.95. The van der Waals surface area contributed by atoms with Crippen molar-refractivity contribution >= 4 is 11.4 Å². The van der Waals surface area contributed by atoms with Gasteiger partial charge in [-0.3, -0.25) is 0 Å². The first-order valence-electron chi connectivity index (χ1n) is 8.13. The SMILES string of the molecule is CC[N+](CC)(CCO)CCCC(C)Nc1ccc(N)cc1. The van der Waals surface area contributed by atoms with Crippen LogP contribution in [0.15, 0.2) is 24.3 Å². The fraction of sp³-hybridized carbons (Fsp3) is 0.647. The van der Waals surface area contributed by atoms with E-state index in [2.05, 4.69) is 26.1 Å². The Bertz CT molecular complexity index is 388. The molecule has 0 saturated heterocycles. The smallest absolute Gasteiger partial charge is 0.102 e. The molecule has 1 aromatic rings. The Labute approximate surface area is 129 Å². The molecule has 0 radical (unpaired) electrons. The molecule has 120 valence electrons. The number of nitrogens with one attached hydrogen (secondary N) is 1. The predicted molar refractivity (Wildman–Crippen MR) is 91.3 cm³/mol. The third kappa shape index (κ3) is 5.94. The molecule has 4 heteroatoms. The van der Waals surface area contributed by atoms with Gasteiger partial charge in [-0.15, -0.1) is 0 Å². The second-order valence-corrected chi connectivity index (χ2v) is 5.95. The number of aliphatic hydroxyl groups is 1. The molecule has 0 aliphatic rings. The molecule has 0 saturated carbocycles. The number of rotatable bonds is 10. The zero-order chi connectivity index (χ0) is 15.7. The van der Waals surface area contributed by atoms with Crippen LogP contribution in [0, 0.1) is 0 Å². The quantitative estimate of drug-likeness (QED) is 0.459. The van der Waals surface area contributed by atoms with Crippen LogP contribution in [0.5, 0.6) is 0 Å². The molecule has 4 nitrogen and oxygen atoms in total. The average Bonchev–Trinajstić information content (AvgIpc) is 2.48. The zero-order valence-electron chi connectivity index (χ0n) is 13.8. The summed E-state index contributed by atoms with van der Waals surface area (Å²) in [5.74, 6) is 0. The van der Waals surface area contributed by atoms with E-state index < -0.39 is 0 Å². The first kappa shape index (κ1) is 17.8. The van der Waals surface area contributed by atoms with Crippen molar-refractivity contribution in [3.05, 3.63) is 24.3 Å². The van der Waals surface area contributed by atoms with Gasteiger partial charge in [-0.25, -0.2) is 0 Å². The Morgan fingerprint density at radius 1 is 1.14 bits per heavy atom. The molecule has 0 spiro atoms. The molecule has 0 aliphatic heterocycles. The van der Waals surface area contributed by atoms with Crippen molar-refractivity contribution in [3.63, 3.8) is 0 Å². The molecule has 0 amide bonds. The maximum atomic E-state index is 9.25. The minimum absolute atomic E-state index is 0.279. The van der Waals surface area contributed by atoms with Crippen molar-refractivity contribution in [1.29, 1.82) is 0 Å². The van der Waals surface area contributed by atoms with Crippen LogP contribution in [0.1, 0.15) is 33.6 Å². The summed E-state index contributed by atoms with van der Waals surface area (Å²) in [5, 5.41) is 12.8. The third-order valence-corrected chi connectivity index (χ3v) is 4.51. The van der Waals surface area contributed by atoms with E-state index >= 15 is 0 Å². The summed E-state index contributed by atoms with van der Waals surface area (Å²) in [5.41, 5.74) is 7.61. The molecular formula is C17H32N3O+. The van der Waals surface area contributed by atoms with Gasteiger partial charge in [-0.2, -0.15) is 0 Å². The highest BCUT2D eigenvalue weighted by molar-refractivity contribution is 5.51. The highest BCUT2D eigenvalue weighted by Gasteiger charge is 2.22. The lowest BCUT2D eigenvalue weighted by Gasteiger charge is -2.36. The zero-order valence-corrected chi connectivity index (χ0v) is 13.8. The standard InChI is InChI=1S/C17H32N3O/c1-4-20(5-2,13-14-21)12-6-7-15(3)19-17-10-8-16(18)9-11-17/h8-11,15,19,21H,4-7,12-14,18H2,1-3H3/q+1. The summed E-state index contributed by atoms with van der Waals surface area (Å²) < 4.78 is 1.02. The Morgan fingerprint density at radius 2 is 1.76 bits per heavy atom. The van der Waals surface area contributed by atoms with Crippen LogP contribution in [-0.4, -0.2) is 48.4 Å². The van der Waals surface area contributed by atoms with Crippen LogP contribution in [0.25, 0.3) is 0 Å². The Morgan fingerprint density at radius 3 is 2.29 bits per heavy atom. The molecule has 0 heterocycles. The number of quaternary nitrogens is 1. The molecule has 0 fully saturated rings. The summed E-state index contributed by atoms with van der Waals surface area (Å²) in [6.45, 7) is 11.1. The van der Waals surface area contributed by atoms with Crippen LogP contribution in [-0.2, 0) is 0 Å². The lowest BCUT2D eigenvalue weighted by molar-refractivity contribution is -0.925. The number of aliphatic hydroxyl groups excluding tert-OH is 1. The Hall–Kier alpha value is -1.26. The molecule has 4 N–H and O–H groups in total. The first-order valence-corrected chi connectivity index (χ1v) is 8.13. The molecule has 1 aromatic carbocycles. The number of hydrogen-bond acceptors (Lipinski definition) is 3. The minimum atomic E-state index is 0.279. The molecular weight excluding hydrogens is 262 g/mol. The van der Waals surface area contributed by atoms with Gasteiger partial charge in [-0.1, -0.05) is 0 Å². The fourth-order valence-corrected chi connectivity index (χ4v) is 2.85. The third-order valence-electron chi connectivity index (χ3n) is 4.51. The number of nitrogen functional groups attached to an aromatic ring is 1. The lowest BCUT2D eigenvalue weighted by Crippen LogP contribution is -2.50. The van der Waals surface area contributed by atoms with Gasteiger partial charge < -0.3 is 20.6 Å². The maximum absolute atomic E-state index is 9.25. The van der Waals surface area contributed by atoms with E-state index in [-0.39, 0.29) is 6.61 Å². The van der Waals surface area contributed by atoms with E-state index in [1.807, 2.05) is 24.3 Å². The van der Waals surface area contributed by atoms with Gasteiger partial charge in [0.2, 0.25) is 0 Å². The largest absolute Gasteiger partial charge is 0.399 e. The summed E-state index contributed by atoms with van der Waals surface area (Å²) in [6.07, 6.45) is 2.31. The van der Waals surface area contributed by atoms with Crippen LogP contribution in [0.4, 0.5) is 11.4 Å². The van der Waals surface area contributed by atoms with Crippen LogP contribution in [0.2, 0.25) is 0 Å². The molecule has 1 atom stereocenters. The number of nitrogens with zero attached hydrogens (tertiary/aromatic N) is 1. The Balaban J connectivity index is 2.38. The van der Waals surface area contributed by atoms with E-state index in [1.54, 1.807) is 0 Å². The minimum Gasteiger partial charge on any atom is -0.399 e. The number of hydrogen-bond donors (Lipinski definition) is 3. The molecule has 0 bridgehead atoms. The van der Waals surface area contributed by atoms with Crippen molar-refractivity contribution in [2.75, 3.05) is 43.8 Å².